The molecule has 0 aromatic heterocycles. The Morgan fingerprint density at radius 2 is 1.52 bits per heavy atom. The molecule has 3 N–H and O–H groups in total. The van der Waals surface area contributed by atoms with E-state index >= 15 is 0 Å². The second-order valence-corrected chi connectivity index (χ2v) is 7.95. The van der Waals surface area contributed by atoms with E-state index in [9.17, 15) is 4.79 Å². The van der Waals surface area contributed by atoms with Crippen molar-refractivity contribution in [2.75, 3.05) is 6.54 Å². The summed E-state index contributed by atoms with van der Waals surface area (Å²) >= 11 is 0. The van der Waals surface area contributed by atoms with Crippen LogP contribution in [0.15, 0.2) is 0 Å². The Hall–Kier alpha value is -0.280. The molecule has 3 nitrogen and oxygen atoms in total. The molecule has 0 atom stereocenters. The molecule has 4 aliphatic rings. The van der Waals surface area contributed by atoms with Gasteiger partial charge in [-0.25, -0.2) is 0 Å². The number of nitrogens with two attached hydrogens (primary N) is 1. The van der Waals surface area contributed by atoms with Gasteiger partial charge in [0.2, 0.25) is 5.91 Å². The molecule has 4 rings (SSSR count). The van der Waals surface area contributed by atoms with Crippen LogP contribution in [0.5, 0.6) is 0 Å². The van der Waals surface area contributed by atoms with Crippen molar-refractivity contribution in [2.24, 2.45) is 28.9 Å². The summed E-state index contributed by atoms with van der Waals surface area (Å²) < 4.78 is 0. The third-order valence-electron chi connectivity index (χ3n) is 6.53. The van der Waals surface area contributed by atoms with E-state index in [2.05, 4.69) is 19.2 Å². The van der Waals surface area contributed by atoms with E-state index in [0.717, 1.165) is 49.9 Å². The van der Waals surface area contributed by atoms with Crippen molar-refractivity contribution in [1.82, 2.24) is 5.32 Å². The summed E-state index contributed by atoms with van der Waals surface area (Å²) in [4.78, 5) is 12.8. The topological polar surface area (TPSA) is 55.1 Å². The van der Waals surface area contributed by atoms with Crippen molar-refractivity contribution >= 4 is 18.3 Å². The van der Waals surface area contributed by atoms with Crippen molar-refractivity contribution < 1.29 is 4.79 Å². The lowest BCUT2D eigenvalue weighted by Gasteiger charge is -2.55. The molecule has 122 valence electrons. The lowest BCUT2D eigenvalue weighted by molar-refractivity contribution is -0.146. The molecule has 4 bridgehead atoms. The van der Waals surface area contributed by atoms with Crippen molar-refractivity contribution in [2.45, 2.75) is 70.8 Å². The van der Waals surface area contributed by atoms with Gasteiger partial charge in [0.15, 0.2) is 0 Å². The first-order chi connectivity index (χ1) is 9.48. The quantitative estimate of drug-likeness (QED) is 0.818. The third-order valence-corrected chi connectivity index (χ3v) is 6.53. The minimum atomic E-state index is -0.224. The molecule has 21 heavy (non-hydrogen) atoms. The van der Waals surface area contributed by atoms with Gasteiger partial charge in [-0.3, -0.25) is 4.79 Å². The molecule has 4 fully saturated rings. The third kappa shape index (κ3) is 3.10. The van der Waals surface area contributed by atoms with Gasteiger partial charge in [0.25, 0.3) is 0 Å². The molecule has 0 radical (unpaired) electrons. The first-order valence-electron chi connectivity index (χ1n) is 8.56. The number of carbonyl (C=O) groups excluding carboxylic acids is 1. The Labute approximate surface area is 135 Å². The van der Waals surface area contributed by atoms with Gasteiger partial charge in [-0.15, -0.1) is 12.4 Å². The zero-order valence-corrected chi connectivity index (χ0v) is 14.3. The first kappa shape index (κ1) is 17.1. The fraction of sp³-hybridized carbons (Fsp3) is 0.941. The molecule has 4 saturated carbocycles. The number of nitrogens with one attached hydrogen (secondary N) is 1. The number of hydrogen-bond acceptors (Lipinski definition) is 2. The fourth-order valence-corrected chi connectivity index (χ4v) is 5.33. The molecular weight excluding hydrogens is 284 g/mol. The highest BCUT2D eigenvalue weighted by Gasteiger charge is 2.54. The Morgan fingerprint density at radius 3 is 1.90 bits per heavy atom. The zero-order chi connectivity index (χ0) is 14.4. The lowest BCUT2D eigenvalue weighted by atomic mass is 9.49. The Kier molecular flexibility index (Phi) is 4.94. The van der Waals surface area contributed by atoms with Crippen molar-refractivity contribution in [3.05, 3.63) is 0 Å². The van der Waals surface area contributed by atoms with Crippen LogP contribution in [0, 0.1) is 23.2 Å². The Morgan fingerprint density at radius 1 is 1.10 bits per heavy atom. The number of rotatable bonds is 5. The maximum absolute atomic E-state index is 12.8. The molecule has 0 aromatic rings. The summed E-state index contributed by atoms with van der Waals surface area (Å²) in [7, 11) is 0. The lowest BCUT2D eigenvalue weighted by Crippen LogP contribution is -2.57. The summed E-state index contributed by atoms with van der Waals surface area (Å²) in [6.07, 6.45) is 9.42. The van der Waals surface area contributed by atoms with Gasteiger partial charge in [0.1, 0.15) is 0 Å². The Bertz CT molecular complexity index is 357. The Balaban J connectivity index is 0.00000161. The first-order valence-corrected chi connectivity index (χ1v) is 8.56. The maximum atomic E-state index is 12.8. The average molecular weight is 315 g/mol. The van der Waals surface area contributed by atoms with E-state index in [0.29, 0.717) is 12.5 Å². The van der Waals surface area contributed by atoms with E-state index in [1.165, 1.54) is 19.3 Å². The van der Waals surface area contributed by atoms with E-state index < -0.39 is 0 Å². The van der Waals surface area contributed by atoms with Crippen molar-refractivity contribution in [1.29, 1.82) is 0 Å². The standard InChI is InChI=1S/C17H30N2O.ClH/c1-3-17(18,4-2)11-19-15(20)16-8-12-5-13(9-16)7-14(6-12)10-16;/h12-14H,3-11,18H2,1-2H3,(H,19,20);1H. The molecule has 0 saturated heterocycles. The molecule has 0 unspecified atom stereocenters. The van der Waals surface area contributed by atoms with Crippen LogP contribution in [0.1, 0.15) is 65.2 Å². The molecule has 0 aliphatic heterocycles. The average Bonchev–Trinajstić information content (AvgIpc) is 2.43. The highest BCUT2D eigenvalue weighted by atomic mass is 35.5. The van der Waals surface area contributed by atoms with Crippen molar-refractivity contribution in [3.8, 4) is 0 Å². The van der Waals surface area contributed by atoms with Crippen LogP contribution in [-0.2, 0) is 4.79 Å². The molecule has 4 aliphatic carbocycles. The maximum Gasteiger partial charge on any atom is 0.226 e. The summed E-state index contributed by atoms with van der Waals surface area (Å²) in [5.74, 6) is 2.79. The van der Waals surface area contributed by atoms with Gasteiger partial charge < -0.3 is 11.1 Å². The number of amides is 1. The smallest absolute Gasteiger partial charge is 0.226 e. The summed E-state index contributed by atoms with van der Waals surface area (Å²) in [6.45, 7) is 4.86. The molecule has 0 heterocycles. The van der Waals surface area contributed by atoms with Crippen LogP contribution in [0.2, 0.25) is 0 Å². The monoisotopic (exact) mass is 314 g/mol. The van der Waals surface area contributed by atoms with E-state index in [4.69, 9.17) is 5.73 Å². The van der Waals surface area contributed by atoms with Gasteiger partial charge in [-0.05, 0) is 69.1 Å². The highest BCUT2D eigenvalue weighted by molar-refractivity contribution is 5.85. The van der Waals surface area contributed by atoms with Crippen LogP contribution in [0.3, 0.4) is 0 Å². The van der Waals surface area contributed by atoms with Crippen LogP contribution in [-0.4, -0.2) is 18.0 Å². The summed E-state index contributed by atoms with van der Waals surface area (Å²) in [5.41, 5.74) is 6.07. The van der Waals surface area contributed by atoms with Gasteiger partial charge in [0, 0.05) is 17.5 Å². The molecule has 0 aromatic carbocycles. The second kappa shape index (κ2) is 6.08. The van der Waals surface area contributed by atoms with Gasteiger partial charge in [-0.1, -0.05) is 13.8 Å². The van der Waals surface area contributed by atoms with E-state index in [-0.39, 0.29) is 23.4 Å². The number of carbonyl (C=O) groups is 1. The minimum Gasteiger partial charge on any atom is -0.354 e. The zero-order valence-electron chi connectivity index (χ0n) is 13.5. The summed E-state index contributed by atoms with van der Waals surface area (Å²) in [5, 5.41) is 3.22. The van der Waals surface area contributed by atoms with Crippen LogP contribution in [0.4, 0.5) is 0 Å². The predicted molar refractivity (Wildman–Crippen MR) is 88.4 cm³/mol. The second-order valence-electron chi connectivity index (χ2n) is 7.95. The van der Waals surface area contributed by atoms with Gasteiger partial charge in [0.05, 0.1) is 0 Å². The van der Waals surface area contributed by atoms with Crippen molar-refractivity contribution in [3.63, 3.8) is 0 Å². The van der Waals surface area contributed by atoms with Gasteiger partial charge in [-0.2, -0.15) is 0 Å². The van der Waals surface area contributed by atoms with E-state index in [1.807, 2.05) is 0 Å². The predicted octanol–water partition coefficient (Wildman–Crippen LogP) is 3.26. The molecule has 1 amide bonds. The largest absolute Gasteiger partial charge is 0.354 e. The molecular formula is C17H31ClN2O. The number of hydrogen-bond donors (Lipinski definition) is 2. The highest BCUT2D eigenvalue weighted by Crippen LogP contribution is 2.60. The minimum absolute atomic E-state index is 0. The van der Waals surface area contributed by atoms with Crippen LogP contribution in [0.25, 0.3) is 0 Å². The molecule has 4 heteroatoms. The SMILES string of the molecule is CCC(N)(CC)CNC(=O)C12CC3CC(CC(C3)C1)C2.Cl. The van der Waals surface area contributed by atoms with Crippen LogP contribution < -0.4 is 11.1 Å². The van der Waals surface area contributed by atoms with Crippen LogP contribution >= 0.6 is 12.4 Å². The normalized spacial score (nSPS) is 37.2. The number of halogens is 1. The summed E-state index contributed by atoms with van der Waals surface area (Å²) in [6, 6.07) is 0. The van der Waals surface area contributed by atoms with E-state index in [1.54, 1.807) is 0 Å². The molecule has 0 spiro atoms. The van der Waals surface area contributed by atoms with Gasteiger partial charge >= 0.3 is 0 Å². The fourth-order valence-electron chi connectivity index (χ4n) is 5.33.